The monoisotopic (exact) mass is 501 g/mol. The van der Waals surface area contributed by atoms with Crippen molar-refractivity contribution in [3.8, 4) is 0 Å². The molecule has 1 saturated carbocycles. The van der Waals surface area contributed by atoms with E-state index in [4.69, 9.17) is 9.47 Å². The molecule has 3 rings (SSSR count). The second-order valence-electron chi connectivity index (χ2n) is 10.1. The Labute approximate surface area is 213 Å². The van der Waals surface area contributed by atoms with Gasteiger partial charge in [0.15, 0.2) is 5.78 Å². The molecule has 10 nitrogen and oxygen atoms in total. The van der Waals surface area contributed by atoms with Crippen LogP contribution < -0.4 is 10.6 Å². The summed E-state index contributed by atoms with van der Waals surface area (Å²) in [7, 11) is 3.82. The Hall–Kier alpha value is -3.14. The lowest BCUT2D eigenvalue weighted by molar-refractivity contribution is -0.132. The number of likely N-dealkylation sites (N-methyl/N-ethyl adjacent to an activating group) is 1. The summed E-state index contributed by atoms with van der Waals surface area (Å²) in [5.41, 5.74) is -0.435. The first-order valence-electron chi connectivity index (χ1n) is 12.7. The zero-order valence-electron chi connectivity index (χ0n) is 21.8. The van der Waals surface area contributed by atoms with E-state index >= 15 is 0 Å². The zero-order chi connectivity index (χ0) is 26.1. The average molecular weight is 502 g/mol. The molecule has 3 amide bonds. The molecule has 1 unspecified atom stereocenters. The van der Waals surface area contributed by atoms with E-state index in [9.17, 15) is 14.4 Å². The van der Waals surface area contributed by atoms with Gasteiger partial charge < -0.3 is 25.0 Å². The van der Waals surface area contributed by atoms with Crippen LogP contribution in [0.15, 0.2) is 35.4 Å². The van der Waals surface area contributed by atoms with Gasteiger partial charge in [-0.25, -0.2) is 4.79 Å². The van der Waals surface area contributed by atoms with Crippen LogP contribution in [0.1, 0.15) is 69.2 Å². The van der Waals surface area contributed by atoms with Gasteiger partial charge >= 0.3 is 12.1 Å². The molecular weight excluding hydrogens is 462 g/mol. The molecule has 1 aliphatic carbocycles. The molecule has 1 aromatic carbocycles. The van der Waals surface area contributed by atoms with Gasteiger partial charge in [0.2, 0.25) is 0 Å². The van der Waals surface area contributed by atoms with Gasteiger partial charge in [-0.1, -0.05) is 43.6 Å². The Morgan fingerprint density at radius 3 is 2.47 bits per heavy atom. The number of carbonyl (C=O) groups excluding carboxylic acids is 3. The number of hydrazone groups is 1. The summed E-state index contributed by atoms with van der Waals surface area (Å²) in [6.45, 7) is 4.98. The topological polar surface area (TPSA) is 113 Å². The molecule has 1 atom stereocenters. The molecular formula is C26H39N5O5. The van der Waals surface area contributed by atoms with Crippen LogP contribution >= 0.6 is 0 Å². The smallest absolute Gasteiger partial charge is 0.408 e. The number of hydrogen-bond donors (Lipinski definition) is 2. The number of hydrogen-bond acceptors (Lipinski definition) is 7. The minimum absolute atomic E-state index is 0.110. The summed E-state index contributed by atoms with van der Waals surface area (Å²) >= 11 is 0. The minimum Gasteiger partial charge on any atom is -0.448 e. The van der Waals surface area contributed by atoms with Crippen LogP contribution in [0.2, 0.25) is 0 Å². The fraction of sp³-hybridized carbons (Fsp3) is 0.615. The third-order valence-electron chi connectivity index (χ3n) is 6.28. The lowest BCUT2D eigenvalue weighted by Crippen LogP contribution is -2.64. The number of rotatable bonds is 10. The minimum atomic E-state index is -1.21. The van der Waals surface area contributed by atoms with E-state index in [0.29, 0.717) is 43.9 Å². The number of amides is 3. The van der Waals surface area contributed by atoms with Crippen molar-refractivity contribution in [1.29, 1.82) is 0 Å². The van der Waals surface area contributed by atoms with Gasteiger partial charge in [0.05, 0.1) is 0 Å². The molecule has 0 saturated heterocycles. The summed E-state index contributed by atoms with van der Waals surface area (Å²) in [4.78, 5) is 41.4. The fourth-order valence-corrected chi connectivity index (χ4v) is 4.17. The van der Waals surface area contributed by atoms with Gasteiger partial charge in [-0.2, -0.15) is 5.01 Å². The molecule has 1 fully saturated rings. The molecule has 0 spiro atoms. The van der Waals surface area contributed by atoms with Crippen LogP contribution in [0.25, 0.3) is 0 Å². The first-order chi connectivity index (χ1) is 17.2. The molecule has 2 N–H and O–H groups in total. The number of Topliss-reactive ketones (excluding diaryl/α,β-unsaturated/α-hetero) is 1. The first-order valence-corrected chi connectivity index (χ1v) is 12.7. The maximum Gasteiger partial charge on any atom is 0.408 e. The van der Waals surface area contributed by atoms with Crippen LogP contribution in [0.4, 0.5) is 4.79 Å². The Morgan fingerprint density at radius 2 is 1.83 bits per heavy atom. The number of urea groups is 1. The van der Waals surface area contributed by atoms with Gasteiger partial charge in [-0.3, -0.25) is 9.59 Å². The van der Waals surface area contributed by atoms with Gasteiger partial charge in [-0.05, 0) is 64.3 Å². The highest BCUT2D eigenvalue weighted by Gasteiger charge is 2.43. The normalized spacial score (nSPS) is 19.0. The van der Waals surface area contributed by atoms with Crippen LogP contribution in [-0.4, -0.2) is 72.9 Å². The molecule has 0 aromatic heterocycles. The summed E-state index contributed by atoms with van der Waals surface area (Å²) in [6.07, 6.45) is 3.48. The largest absolute Gasteiger partial charge is 0.448 e. The zero-order valence-corrected chi connectivity index (χ0v) is 21.8. The first kappa shape index (κ1) is 27.4. The van der Waals surface area contributed by atoms with Crippen LogP contribution in [0, 0.1) is 5.92 Å². The molecule has 1 aromatic rings. The van der Waals surface area contributed by atoms with E-state index in [-0.39, 0.29) is 24.2 Å². The van der Waals surface area contributed by atoms with Crippen molar-refractivity contribution in [3.05, 3.63) is 35.9 Å². The van der Waals surface area contributed by atoms with E-state index in [2.05, 4.69) is 15.7 Å². The van der Waals surface area contributed by atoms with Crippen LogP contribution in [0.5, 0.6) is 0 Å². The number of nitrogens with one attached hydrogen (secondary N) is 2. The van der Waals surface area contributed by atoms with Gasteiger partial charge in [0.25, 0.3) is 12.1 Å². The van der Waals surface area contributed by atoms with Gasteiger partial charge in [0.1, 0.15) is 12.3 Å². The Bertz CT molecular complexity index is 928. The summed E-state index contributed by atoms with van der Waals surface area (Å²) in [6, 6.07) is 8.28. The van der Waals surface area contributed by atoms with E-state index in [1.54, 1.807) is 24.3 Å². The van der Waals surface area contributed by atoms with Crippen molar-refractivity contribution in [1.82, 2.24) is 20.5 Å². The fourth-order valence-electron chi connectivity index (χ4n) is 4.17. The highest BCUT2D eigenvalue weighted by atomic mass is 16.7. The molecule has 2 aliphatic rings. The highest BCUT2D eigenvalue weighted by molar-refractivity contribution is 5.95. The molecule has 10 heteroatoms. The highest BCUT2D eigenvalue weighted by Crippen LogP contribution is 2.28. The molecule has 0 bridgehead atoms. The number of benzene rings is 1. The van der Waals surface area contributed by atoms with Crippen molar-refractivity contribution in [2.45, 2.75) is 70.7 Å². The molecule has 1 aliphatic heterocycles. The standard InChI is InChI=1S/C26H39N5O5/c1-19(2)13-14-21(32)23-31(29-25(36-23)35-18-17-30(3)4)24(34)28-26(15-9-6-10-16-26)27-22(33)20-11-7-5-8-12-20/h5,7-8,11-12,19,23H,6,9-10,13-18H2,1-4H3,(H,27,33)(H,28,34). The molecule has 0 radical (unpaired) electrons. The maximum absolute atomic E-state index is 13.5. The van der Waals surface area contributed by atoms with Crippen molar-refractivity contribution in [3.63, 3.8) is 0 Å². The van der Waals surface area contributed by atoms with Gasteiger partial charge in [-0.15, -0.1) is 0 Å². The maximum atomic E-state index is 13.5. The second kappa shape index (κ2) is 12.7. The van der Waals surface area contributed by atoms with Gasteiger partial charge in [0, 0.05) is 18.5 Å². The molecule has 198 valence electrons. The predicted octanol–water partition coefficient (Wildman–Crippen LogP) is 3.30. The Morgan fingerprint density at radius 1 is 1.14 bits per heavy atom. The third kappa shape index (κ3) is 7.68. The van der Waals surface area contributed by atoms with Crippen molar-refractivity contribution < 1.29 is 23.9 Å². The predicted molar refractivity (Wildman–Crippen MR) is 136 cm³/mol. The summed E-state index contributed by atoms with van der Waals surface area (Å²) in [5, 5.41) is 11.2. The SMILES string of the molecule is CC(C)CCC(=O)C1OC(OCCN(C)C)=NN1C(=O)NC1(NC(=O)c2ccccc2)CCCCC1. The van der Waals surface area contributed by atoms with E-state index < -0.39 is 17.9 Å². The van der Waals surface area contributed by atoms with E-state index in [1.807, 2.05) is 38.9 Å². The number of ketones is 1. The van der Waals surface area contributed by atoms with Crippen molar-refractivity contribution in [2.75, 3.05) is 27.2 Å². The molecule has 1 heterocycles. The van der Waals surface area contributed by atoms with Crippen molar-refractivity contribution >= 4 is 23.8 Å². The van der Waals surface area contributed by atoms with E-state index in [1.165, 1.54) is 0 Å². The number of carbonyl (C=O) groups is 3. The third-order valence-corrected chi connectivity index (χ3v) is 6.28. The number of nitrogens with zero attached hydrogens (tertiary/aromatic N) is 3. The van der Waals surface area contributed by atoms with E-state index in [0.717, 1.165) is 24.3 Å². The lowest BCUT2D eigenvalue weighted by Gasteiger charge is -2.39. The Kier molecular flexibility index (Phi) is 9.69. The lowest BCUT2D eigenvalue weighted by atomic mass is 9.88. The second-order valence-corrected chi connectivity index (χ2v) is 10.1. The number of ether oxygens (including phenoxy) is 2. The summed E-state index contributed by atoms with van der Waals surface area (Å²) in [5.74, 6) is -0.191. The average Bonchev–Trinajstić information content (AvgIpc) is 3.28. The van der Waals surface area contributed by atoms with Crippen LogP contribution in [-0.2, 0) is 14.3 Å². The quantitative estimate of drug-likeness (QED) is 0.476. The Balaban J connectivity index is 1.76. The summed E-state index contributed by atoms with van der Waals surface area (Å²) < 4.78 is 11.3. The van der Waals surface area contributed by atoms with Crippen molar-refractivity contribution in [2.24, 2.45) is 11.0 Å². The van der Waals surface area contributed by atoms with Crippen LogP contribution in [0.3, 0.4) is 0 Å². The molecule has 36 heavy (non-hydrogen) atoms.